The van der Waals surface area contributed by atoms with Crippen LogP contribution in [0.1, 0.15) is 10.4 Å². The van der Waals surface area contributed by atoms with Crippen LogP contribution in [0.5, 0.6) is 0 Å². The molecule has 152 valence electrons. The Hall–Kier alpha value is -2.97. The maximum absolute atomic E-state index is 12.5. The Balaban J connectivity index is 1.40. The predicted molar refractivity (Wildman–Crippen MR) is 123 cm³/mol. The number of hydrogen-bond donors (Lipinski definition) is 1. The molecular formula is C22H21N5OS2. The Bertz CT molecular complexity index is 1180. The van der Waals surface area contributed by atoms with E-state index in [1.54, 1.807) is 0 Å². The van der Waals surface area contributed by atoms with Crippen LogP contribution in [0.3, 0.4) is 0 Å². The van der Waals surface area contributed by atoms with E-state index in [2.05, 4.69) is 26.6 Å². The maximum atomic E-state index is 12.5. The van der Waals surface area contributed by atoms with Crippen molar-refractivity contribution in [2.45, 2.75) is 19.0 Å². The van der Waals surface area contributed by atoms with Crippen LogP contribution in [0, 0.1) is 13.8 Å². The third-order valence-corrected chi connectivity index (χ3v) is 6.44. The van der Waals surface area contributed by atoms with Crippen LogP contribution in [-0.4, -0.2) is 31.4 Å². The minimum absolute atomic E-state index is 0.117. The van der Waals surface area contributed by atoms with E-state index >= 15 is 0 Å². The van der Waals surface area contributed by atoms with Crippen molar-refractivity contribution in [1.82, 2.24) is 19.7 Å². The molecule has 6 nitrogen and oxygen atoms in total. The number of carbonyl (C=O) groups is 1. The first kappa shape index (κ1) is 20.3. The molecule has 0 unspecified atom stereocenters. The summed E-state index contributed by atoms with van der Waals surface area (Å²) in [4.78, 5) is 18.1. The summed E-state index contributed by atoms with van der Waals surface area (Å²) in [5, 5.41) is 12.7. The Morgan fingerprint density at radius 3 is 2.60 bits per heavy atom. The van der Waals surface area contributed by atoms with Crippen LogP contribution in [-0.2, 0) is 11.8 Å². The molecule has 1 N–H and O–H groups in total. The van der Waals surface area contributed by atoms with Crippen molar-refractivity contribution in [3.8, 4) is 22.6 Å². The highest BCUT2D eigenvalue weighted by atomic mass is 32.2. The SMILES string of the molecule is Cc1cccc(-c2nnc(SCC(=O)Nc3nc(-c4ccccc4)c(C)s3)n2C)c1. The second-order valence-electron chi connectivity index (χ2n) is 6.86. The first-order chi connectivity index (χ1) is 14.5. The van der Waals surface area contributed by atoms with Gasteiger partial charge in [0.1, 0.15) is 0 Å². The summed E-state index contributed by atoms with van der Waals surface area (Å²) < 4.78 is 1.91. The Morgan fingerprint density at radius 1 is 1.07 bits per heavy atom. The second kappa shape index (κ2) is 8.81. The fraction of sp³-hybridized carbons (Fsp3) is 0.182. The van der Waals surface area contributed by atoms with E-state index in [1.807, 2.05) is 74.0 Å². The van der Waals surface area contributed by atoms with E-state index in [0.29, 0.717) is 10.3 Å². The number of benzene rings is 2. The van der Waals surface area contributed by atoms with Gasteiger partial charge in [0.05, 0.1) is 11.4 Å². The molecule has 0 radical (unpaired) electrons. The molecule has 4 aromatic rings. The minimum Gasteiger partial charge on any atom is -0.305 e. The molecule has 0 fully saturated rings. The second-order valence-corrected chi connectivity index (χ2v) is 9.01. The molecule has 0 bridgehead atoms. The van der Waals surface area contributed by atoms with Crippen molar-refractivity contribution < 1.29 is 4.79 Å². The standard InChI is InChI=1S/C22H21N5OS2/c1-14-8-7-11-17(12-14)20-25-26-22(27(20)3)29-13-18(28)23-21-24-19(15(2)30-21)16-9-5-4-6-10-16/h4-12H,13H2,1-3H3,(H,23,24,28). The largest absolute Gasteiger partial charge is 0.305 e. The van der Waals surface area contributed by atoms with Gasteiger partial charge < -0.3 is 9.88 Å². The Morgan fingerprint density at radius 2 is 1.83 bits per heavy atom. The fourth-order valence-corrected chi connectivity index (χ4v) is 4.64. The number of aryl methyl sites for hydroxylation is 2. The molecule has 2 aromatic heterocycles. The van der Waals surface area contributed by atoms with Gasteiger partial charge in [0.2, 0.25) is 5.91 Å². The van der Waals surface area contributed by atoms with E-state index in [-0.39, 0.29) is 11.7 Å². The van der Waals surface area contributed by atoms with Gasteiger partial charge in [-0.05, 0) is 19.9 Å². The van der Waals surface area contributed by atoms with Gasteiger partial charge in [0.25, 0.3) is 0 Å². The first-order valence-corrected chi connectivity index (χ1v) is 11.2. The molecule has 4 rings (SSSR count). The molecule has 0 atom stereocenters. The van der Waals surface area contributed by atoms with Crippen LogP contribution in [0.2, 0.25) is 0 Å². The molecule has 1 amide bonds. The zero-order chi connectivity index (χ0) is 21.1. The molecule has 0 saturated heterocycles. The van der Waals surface area contributed by atoms with Crippen LogP contribution >= 0.6 is 23.1 Å². The molecule has 8 heteroatoms. The molecule has 0 spiro atoms. The number of anilines is 1. The van der Waals surface area contributed by atoms with E-state index < -0.39 is 0 Å². The van der Waals surface area contributed by atoms with Crippen LogP contribution < -0.4 is 5.32 Å². The number of rotatable bonds is 6. The molecule has 0 aliphatic heterocycles. The van der Waals surface area contributed by atoms with Gasteiger partial charge in [0.15, 0.2) is 16.1 Å². The molecular weight excluding hydrogens is 414 g/mol. The zero-order valence-corrected chi connectivity index (χ0v) is 18.5. The normalized spacial score (nSPS) is 10.9. The number of aromatic nitrogens is 4. The lowest BCUT2D eigenvalue weighted by atomic mass is 10.1. The molecule has 0 saturated carbocycles. The van der Waals surface area contributed by atoms with Gasteiger partial charge >= 0.3 is 0 Å². The van der Waals surface area contributed by atoms with Crippen LogP contribution in [0.25, 0.3) is 22.6 Å². The number of hydrogen-bond acceptors (Lipinski definition) is 6. The Kier molecular flexibility index (Phi) is 5.96. The smallest absolute Gasteiger partial charge is 0.236 e. The summed E-state index contributed by atoms with van der Waals surface area (Å²) in [6.07, 6.45) is 0. The van der Waals surface area contributed by atoms with Gasteiger partial charge in [-0.1, -0.05) is 65.9 Å². The van der Waals surface area contributed by atoms with Crippen molar-refractivity contribution in [3.63, 3.8) is 0 Å². The lowest BCUT2D eigenvalue weighted by Crippen LogP contribution is -2.14. The molecule has 0 aliphatic carbocycles. The van der Waals surface area contributed by atoms with Crippen molar-refractivity contribution in [3.05, 3.63) is 65.0 Å². The van der Waals surface area contributed by atoms with Gasteiger partial charge in [-0.3, -0.25) is 4.79 Å². The summed E-state index contributed by atoms with van der Waals surface area (Å²) in [7, 11) is 1.91. The summed E-state index contributed by atoms with van der Waals surface area (Å²) in [5.41, 5.74) is 4.12. The van der Waals surface area contributed by atoms with Gasteiger partial charge in [-0.25, -0.2) is 4.98 Å². The summed E-state index contributed by atoms with van der Waals surface area (Å²) in [6, 6.07) is 18.1. The lowest BCUT2D eigenvalue weighted by Gasteiger charge is -2.05. The van der Waals surface area contributed by atoms with Crippen LogP contribution in [0.4, 0.5) is 5.13 Å². The third-order valence-electron chi connectivity index (χ3n) is 4.53. The average molecular weight is 436 g/mol. The van der Waals surface area contributed by atoms with Gasteiger partial charge in [-0.2, -0.15) is 0 Å². The zero-order valence-electron chi connectivity index (χ0n) is 16.9. The van der Waals surface area contributed by atoms with Crippen molar-refractivity contribution >= 4 is 34.1 Å². The van der Waals surface area contributed by atoms with Gasteiger partial charge in [0, 0.05) is 23.1 Å². The third kappa shape index (κ3) is 4.44. The van der Waals surface area contributed by atoms with E-state index in [4.69, 9.17) is 0 Å². The maximum Gasteiger partial charge on any atom is 0.236 e. The quantitative estimate of drug-likeness (QED) is 0.434. The number of nitrogens with zero attached hydrogens (tertiary/aromatic N) is 4. The monoisotopic (exact) mass is 435 g/mol. The summed E-state index contributed by atoms with van der Waals surface area (Å²) in [6.45, 7) is 4.06. The highest BCUT2D eigenvalue weighted by Gasteiger charge is 2.15. The lowest BCUT2D eigenvalue weighted by molar-refractivity contribution is -0.113. The summed E-state index contributed by atoms with van der Waals surface area (Å²) >= 11 is 2.84. The number of amides is 1. The number of nitrogens with one attached hydrogen (secondary N) is 1. The minimum atomic E-state index is -0.117. The van der Waals surface area contributed by atoms with Crippen molar-refractivity contribution in [1.29, 1.82) is 0 Å². The number of carbonyl (C=O) groups excluding carboxylic acids is 1. The molecule has 0 aliphatic rings. The van der Waals surface area contributed by atoms with Crippen molar-refractivity contribution in [2.24, 2.45) is 7.05 Å². The topological polar surface area (TPSA) is 72.7 Å². The molecule has 30 heavy (non-hydrogen) atoms. The fourth-order valence-electron chi connectivity index (χ4n) is 3.08. The predicted octanol–water partition coefficient (Wildman–Crippen LogP) is 4.95. The molecule has 2 aromatic carbocycles. The number of thioether (sulfide) groups is 1. The van der Waals surface area contributed by atoms with Crippen LogP contribution in [0.15, 0.2) is 59.8 Å². The number of thiazole rings is 1. The van der Waals surface area contributed by atoms with E-state index in [9.17, 15) is 4.79 Å². The van der Waals surface area contributed by atoms with Crippen molar-refractivity contribution in [2.75, 3.05) is 11.1 Å². The van der Waals surface area contributed by atoms with Gasteiger partial charge in [-0.15, -0.1) is 21.5 Å². The first-order valence-electron chi connectivity index (χ1n) is 9.43. The van der Waals surface area contributed by atoms with E-state index in [1.165, 1.54) is 23.1 Å². The highest BCUT2D eigenvalue weighted by molar-refractivity contribution is 7.99. The Labute approximate surface area is 183 Å². The molecule has 2 heterocycles. The summed E-state index contributed by atoms with van der Waals surface area (Å²) in [5.74, 6) is 0.900. The highest BCUT2D eigenvalue weighted by Crippen LogP contribution is 2.30. The van der Waals surface area contributed by atoms with E-state index in [0.717, 1.165) is 33.1 Å². The average Bonchev–Trinajstić information content (AvgIpc) is 3.29.